The number of anilines is 3. The first-order valence-electron chi connectivity index (χ1n) is 8.34. The van der Waals surface area contributed by atoms with Crippen LogP contribution in [0.25, 0.3) is 0 Å². The van der Waals surface area contributed by atoms with E-state index in [1.165, 1.54) is 13.4 Å². The van der Waals surface area contributed by atoms with Crippen LogP contribution < -0.4 is 15.0 Å². The fraction of sp³-hybridized carbons (Fsp3) is 0.158. The van der Waals surface area contributed by atoms with Crippen LogP contribution in [-0.4, -0.2) is 29.0 Å². The van der Waals surface area contributed by atoms with E-state index >= 15 is 0 Å². The number of halogens is 1. The van der Waals surface area contributed by atoms with E-state index in [1.807, 2.05) is 30.3 Å². The Morgan fingerprint density at radius 1 is 1.21 bits per heavy atom. The second-order valence-corrected chi connectivity index (χ2v) is 6.40. The lowest BCUT2D eigenvalue weighted by Gasteiger charge is -2.19. The largest absolute Gasteiger partial charge is 0.495 e. The summed E-state index contributed by atoms with van der Waals surface area (Å²) in [5.41, 5.74) is 1.24. The Hall–Kier alpha value is -3.39. The standard InChI is InChI=1S/C19H18ClN5O3/c1-24(11-13-6-4-3-5-7-13)19-17(25(26)27)18(21-12-22-19)23-15-10-14(20)8-9-16(15)28-2/h3-10,12H,11H2,1-2H3,(H,21,22,23). The summed E-state index contributed by atoms with van der Waals surface area (Å²) in [7, 11) is 3.24. The van der Waals surface area contributed by atoms with E-state index in [-0.39, 0.29) is 17.3 Å². The average Bonchev–Trinajstić information content (AvgIpc) is 2.68. The first-order valence-corrected chi connectivity index (χ1v) is 8.72. The predicted octanol–water partition coefficient (Wildman–Crippen LogP) is 4.43. The van der Waals surface area contributed by atoms with E-state index in [9.17, 15) is 10.1 Å². The van der Waals surface area contributed by atoms with Gasteiger partial charge in [0, 0.05) is 18.6 Å². The minimum absolute atomic E-state index is 0.0514. The molecule has 0 fully saturated rings. The molecule has 0 atom stereocenters. The third kappa shape index (κ3) is 4.29. The number of methoxy groups -OCH3 is 1. The Balaban J connectivity index is 1.98. The first-order chi connectivity index (χ1) is 13.5. The molecule has 2 aromatic carbocycles. The molecule has 0 saturated carbocycles. The van der Waals surface area contributed by atoms with Gasteiger partial charge < -0.3 is 15.0 Å². The van der Waals surface area contributed by atoms with Crippen molar-refractivity contribution in [3.05, 3.63) is 75.6 Å². The second-order valence-electron chi connectivity index (χ2n) is 5.96. The summed E-state index contributed by atoms with van der Waals surface area (Å²) in [6.45, 7) is 0.457. The van der Waals surface area contributed by atoms with Crippen LogP contribution in [0.1, 0.15) is 5.56 Å². The molecule has 1 heterocycles. The Morgan fingerprint density at radius 3 is 2.64 bits per heavy atom. The monoisotopic (exact) mass is 399 g/mol. The molecule has 144 valence electrons. The molecule has 0 bridgehead atoms. The highest BCUT2D eigenvalue weighted by Crippen LogP contribution is 2.36. The fourth-order valence-electron chi connectivity index (χ4n) is 2.75. The number of rotatable bonds is 7. The molecule has 1 N–H and O–H groups in total. The van der Waals surface area contributed by atoms with Crippen LogP contribution in [0.2, 0.25) is 5.02 Å². The SMILES string of the molecule is COc1ccc(Cl)cc1Nc1ncnc(N(C)Cc2ccccc2)c1[N+](=O)[O-]. The lowest BCUT2D eigenvalue weighted by molar-refractivity contribution is -0.383. The van der Waals surface area contributed by atoms with Crippen molar-refractivity contribution in [2.24, 2.45) is 0 Å². The summed E-state index contributed by atoms with van der Waals surface area (Å²) < 4.78 is 5.28. The van der Waals surface area contributed by atoms with Crippen LogP contribution in [0, 0.1) is 10.1 Å². The molecule has 28 heavy (non-hydrogen) atoms. The smallest absolute Gasteiger partial charge is 0.353 e. The molecule has 3 aromatic rings. The van der Waals surface area contributed by atoms with Crippen LogP contribution in [-0.2, 0) is 6.54 Å². The first kappa shape index (κ1) is 19.4. The van der Waals surface area contributed by atoms with Crippen molar-refractivity contribution in [2.45, 2.75) is 6.54 Å². The summed E-state index contributed by atoms with van der Waals surface area (Å²) in [5, 5.41) is 15.2. The fourth-order valence-corrected chi connectivity index (χ4v) is 2.92. The molecule has 0 spiro atoms. The number of nitrogens with one attached hydrogen (secondary N) is 1. The summed E-state index contributed by atoms with van der Waals surface area (Å²) in [4.78, 5) is 21.2. The van der Waals surface area contributed by atoms with Crippen LogP contribution in [0.5, 0.6) is 5.75 Å². The molecule has 0 amide bonds. The van der Waals surface area contributed by atoms with Gasteiger partial charge in [-0.3, -0.25) is 10.1 Å². The van der Waals surface area contributed by atoms with Crippen LogP contribution in [0.4, 0.5) is 23.0 Å². The Morgan fingerprint density at radius 2 is 1.96 bits per heavy atom. The second kappa shape index (κ2) is 8.53. The topological polar surface area (TPSA) is 93.4 Å². The maximum Gasteiger partial charge on any atom is 0.353 e. The van der Waals surface area contributed by atoms with Crippen LogP contribution in [0.15, 0.2) is 54.9 Å². The zero-order chi connectivity index (χ0) is 20.1. The highest BCUT2D eigenvalue weighted by molar-refractivity contribution is 6.31. The van der Waals surface area contributed by atoms with E-state index in [1.54, 1.807) is 30.1 Å². The van der Waals surface area contributed by atoms with Crippen molar-refractivity contribution >= 4 is 34.6 Å². The van der Waals surface area contributed by atoms with Crippen molar-refractivity contribution in [1.82, 2.24) is 9.97 Å². The quantitative estimate of drug-likeness (QED) is 0.464. The van der Waals surface area contributed by atoms with Gasteiger partial charge in [-0.15, -0.1) is 0 Å². The lowest BCUT2D eigenvalue weighted by Crippen LogP contribution is -2.20. The molecule has 0 aliphatic rings. The normalized spacial score (nSPS) is 10.4. The van der Waals surface area contributed by atoms with Gasteiger partial charge in [0.25, 0.3) is 0 Å². The van der Waals surface area contributed by atoms with Gasteiger partial charge in [0.2, 0.25) is 11.6 Å². The highest BCUT2D eigenvalue weighted by atomic mass is 35.5. The molecular weight excluding hydrogens is 382 g/mol. The highest BCUT2D eigenvalue weighted by Gasteiger charge is 2.26. The third-order valence-corrected chi connectivity index (χ3v) is 4.26. The van der Waals surface area contributed by atoms with Gasteiger partial charge >= 0.3 is 5.69 Å². The van der Waals surface area contributed by atoms with Gasteiger partial charge in [-0.2, -0.15) is 0 Å². The number of hydrogen-bond donors (Lipinski definition) is 1. The number of benzene rings is 2. The summed E-state index contributed by atoms with van der Waals surface area (Å²) in [6, 6.07) is 14.6. The minimum atomic E-state index is -0.504. The molecule has 1 aromatic heterocycles. The Kier molecular flexibility index (Phi) is 5.90. The molecule has 0 saturated heterocycles. The van der Waals surface area contributed by atoms with Gasteiger partial charge in [0.15, 0.2) is 0 Å². The zero-order valence-electron chi connectivity index (χ0n) is 15.3. The molecular formula is C19H18ClN5O3. The molecule has 9 heteroatoms. The number of hydrogen-bond acceptors (Lipinski definition) is 7. The summed E-state index contributed by atoms with van der Waals surface area (Å²) in [5.74, 6) is 0.735. The van der Waals surface area contributed by atoms with Gasteiger partial charge in [-0.05, 0) is 23.8 Å². The van der Waals surface area contributed by atoms with E-state index in [2.05, 4.69) is 15.3 Å². The number of nitro groups is 1. The van der Waals surface area contributed by atoms with Gasteiger partial charge in [-0.1, -0.05) is 41.9 Å². The molecule has 0 radical (unpaired) electrons. The van der Waals surface area contributed by atoms with Gasteiger partial charge in [0.05, 0.1) is 17.7 Å². The summed E-state index contributed by atoms with van der Waals surface area (Å²) in [6.07, 6.45) is 1.28. The van der Waals surface area contributed by atoms with Crippen molar-refractivity contribution in [1.29, 1.82) is 0 Å². The van der Waals surface area contributed by atoms with Gasteiger partial charge in [-0.25, -0.2) is 9.97 Å². The maximum atomic E-state index is 11.8. The lowest BCUT2D eigenvalue weighted by atomic mass is 10.2. The third-order valence-electron chi connectivity index (χ3n) is 4.02. The molecule has 0 aliphatic heterocycles. The van der Waals surface area contributed by atoms with E-state index in [4.69, 9.17) is 16.3 Å². The van der Waals surface area contributed by atoms with Crippen molar-refractivity contribution in [3.8, 4) is 5.75 Å². The molecule has 0 unspecified atom stereocenters. The van der Waals surface area contributed by atoms with E-state index in [0.717, 1.165) is 5.56 Å². The molecule has 0 aliphatic carbocycles. The maximum absolute atomic E-state index is 11.8. The molecule has 8 nitrogen and oxygen atoms in total. The number of aromatic nitrogens is 2. The molecule has 3 rings (SSSR count). The minimum Gasteiger partial charge on any atom is -0.495 e. The zero-order valence-corrected chi connectivity index (χ0v) is 16.1. The van der Waals surface area contributed by atoms with E-state index < -0.39 is 4.92 Å². The van der Waals surface area contributed by atoms with Crippen LogP contribution in [0.3, 0.4) is 0 Å². The Bertz CT molecular complexity index is 985. The van der Waals surface area contributed by atoms with Crippen molar-refractivity contribution < 1.29 is 9.66 Å². The Labute approximate surface area is 166 Å². The number of ether oxygens (including phenoxy) is 1. The van der Waals surface area contributed by atoms with Crippen LogP contribution >= 0.6 is 11.6 Å². The number of nitrogens with zero attached hydrogens (tertiary/aromatic N) is 4. The van der Waals surface area contributed by atoms with E-state index in [0.29, 0.717) is 23.0 Å². The van der Waals surface area contributed by atoms with Gasteiger partial charge in [0.1, 0.15) is 12.1 Å². The average molecular weight is 400 g/mol. The van der Waals surface area contributed by atoms with Crippen molar-refractivity contribution in [2.75, 3.05) is 24.4 Å². The predicted molar refractivity (Wildman–Crippen MR) is 109 cm³/mol. The summed E-state index contributed by atoms with van der Waals surface area (Å²) >= 11 is 6.04. The van der Waals surface area contributed by atoms with Crippen molar-refractivity contribution in [3.63, 3.8) is 0 Å².